The second-order valence-corrected chi connectivity index (χ2v) is 6.88. The van der Waals surface area contributed by atoms with Gasteiger partial charge < -0.3 is 14.0 Å². The number of benzene rings is 2. The van der Waals surface area contributed by atoms with Crippen LogP contribution in [0.15, 0.2) is 54.6 Å². The molecule has 1 fully saturated rings. The summed E-state index contributed by atoms with van der Waals surface area (Å²) >= 11 is 6.50. The zero-order valence-corrected chi connectivity index (χ0v) is 14.6. The summed E-state index contributed by atoms with van der Waals surface area (Å²) in [5.74, 6) is -0.0367. The van der Waals surface area contributed by atoms with Crippen LogP contribution in [0.3, 0.4) is 0 Å². The lowest BCUT2D eigenvalue weighted by Gasteiger charge is -2.39. The van der Waals surface area contributed by atoms with E-state index in [4.69, 9.17) is 25.6 Å². The van der Waals surface area contributed by atoms with Gasteiger partial charge in [-0.1, -0.05) is 48.0 Å². The molecule has 0 amide bonds. The van der Waals surface area contributed by atoms with Gasteiger partial charge in [0, 0.05) is 6.07 Å². The smallest absolute Gasteiger partial charge is 0.471 e. The number of halogens is 2. The molecule has 1 aliphatic rings. The molecule has 1 aliphatic heterocycles. The van der Waals surface area contributed by atoms with Gasteiger partial charge in [-0.3, -0.25) is 0 Å². The molecule has 0 aromatic heterocycles. The molecule has 0 radical (unpaired) electrons. The first-order chi connectivity index (χ1) is 11.3. The minimum atomic E-state index is -0.929. The molecule has 0 saturated carbocycles. The van der Waals surface area contributed by atoms with E-state index in [0.29, 0.717) is 5.75 Å². The van der Waals surface area contributed by atoms with Crippen molar-refractivity contribution in [1.82, 2.24) is 0 Å². The highest BCUT2D eigenvalue weighted by atomic mass is 35.5. The molecule has 2 atom stereocenters. The molecule has 1 saturated heterocycles. The Balaban J connectivity index is 1.82. The second-order valence-electron chi connectivity index (χ2n) is 6.49. The van der Waals surface area contributed by atoms with Crippen LogP contribution >= 0.6 is 11.6 Å². The van der Waals surface area contributed by atoms with E-state index in [0.717, 1.165) is 5.46 Å². The highest BCUT2D eigenvalue weighted by Gasteiger charge is 2.59. The van der Waals surface area contributed by atoms with Crippen LogP contribution < -0.4 is 10.2 Å². The van der Waals surface area contributed by atoms with Gasteiger partial charge >= 0.3 is 7.12 Å². The van der Waals surface area contributed by atoms with Crippen molar-refractivity contribution in [3.05, 3.63) is 60.4 Å². The maximum atomic E-state index is 13.3. The Labute approximate surface area is 146 Å². The Hall–Kier alpha value is -1.56. The van der Waals surface area contributed by atoms with E-state index in [9.17, 15) is 4.39 Å². The summed E-state index contributed by atoms with van der Waals surface area (Å²) < 4.78 is 31.3. The largest absolute Gasteiger partial charge is 0.495 e. The van der Waals surface area contributed by atoms with Crippen LogP contribution in [0.25, 0.3) is 0 Å². The third kappa shape index (κ3) is 3.16. The molecule has 3 rings (SSSR count). The van der Waals surface area contributed by atoms with Gasteiger partial charge in [0.2, 0.25) is 5.56 Å². The number of rotatable bonds is 4. The maximum Gasteiger partial charge on any atom is 0.495 e. The minimum Gasteiger partial charge on any atom is -0.471 e. The lowest BCUT2D eigenvalue weighted by atomic mass is 9.79. The van der Waals surface area contributed by atoms with Crippen LogP contribution in [-0.2, 0) is 9.31 Å². The first-order valence-electron chi connectivity index (χ1n) is 7.79. The Morgan fingerprint density at radius 2 is 1.75 bits per heavy atom. The molecule has 0 aliphatic carbocycles. The molecular weight excluding hydrogens is 329 g/mol. The van der Waals surface area contributed by atoms with Crippen LogP contribution in [0.4, 0.5) is 4.39 Å². The molecule has 1 heterocycles. The molecular formula is C18H19BClFO3. The number of ether oxygens (including phenoxy) is 1. The average Bonchev–Trinajstić information content (AvgIpc) is 2.79. The van der Waals surface area contributed by atoms with Gasteiger partial charge in [-0.2, -0.15) is 0 Å². The lowest BCUT2D eigenvalue weighted by molar-refractivity contribution is -0.0566. The Morgan fingerprint density at radius 1 is 1.04 bits per heavy atom. The summed E-state index contributed by atoms with van der Waals surface area (Å²) in [5.41, 5.74) is -1.58. The highest BCUT2D eigenvalue weighted by Crippen LogP contribution is 2.42. The predicted octanol–water partition coefficient (Wildman–Crippen LogP) is 3.75. The SMILES string of the molecule is CC1(C)OB(c2ccccc2)OC1(C)C(Cl)Oc1cccc(F)c1. The van der Waals surface area contributed by atoms with Crippen LogP contribution in [0, 0.1) is 5.82 Å². The molecule has 0 N–H and O–H groups in total. The van der Waals surface area contributed by atoms with Crippen molar-refractivity contribution < 1.29 is 18.4 Å². The van der Waals surface area contributed by atoms with E-state index in [2.05, 4.69) is 0 Å². The van der Waals surface area contributed by atoms with E-state index in [1.165, 1.54) is 12.1 Å². The Bertz CT molecular complexity index is 712. The van der Waals surface area contributed by atoms with Gasteiger partial charge in [-0.05, 0) is 38.4 Å². The zero-order valence-electron chi connectivity index (χ0n) is 13.8. The van der Waals surface area contributed by atoms with Crippen molar-refractivity contribution in [2.75, 3.05) is 0 Å². The molecule has 3 nitrogen and oxygen atoms in total. The van der Waals surface area contributed by atoms with Gasteiger partial charge in [0.25, 0.3) is 0 Å². The van der Waals surface area contributed by atoms with E-state index >= 15 is 0 Å². The summed E-state index contributed by atoms with van der Waals surface area (Å²) in [6.45, 7) is 5.65. The fourth-order valence-corrected chi connectivity index (χ4v) is 3.04. The Kier molecular flexibility index (Phi) is 4.60. The predicted molar refractivity (Wildman–Crippen MR) is 93.2 cm³/mol. The van der Waals surface area contributed by atoms with Crippen molar-refractivity contribution in [2.24, 2.45) is 0 Å². The van der Waals surface area contributed by atoms with Gasteiger partial charge in [0.15, 0.2) is 0 Å². The fourth-order valence-electron chi connectivity index (χ4n) is 2.62. The summed E-state index contributed by atoms with van der Waals surface area (Å²) in [5, 5.41) is 0. The maximum absolute atomic E-state index is 13.3. The van der Waals surface area contributed by atoms with Crippen molar-refractivity contribution in [1.29, 1.82) is 0 Å². The summed E-state index contributed by atoms with van der Waals surface area (Å²) in [6, 6.07) is 15.5. The molecule has 2 aromatic carbocycles. The summed E-state index contributed by atoms with van der Waals surface area (Å²) in [7, 11) is -0.538. The first-order valence-corrected chi connectivity index (χ1v) is 8.22. The number of hydrogen-bond acceptors (Lipinski definition) is 3. The van der Waals surface area contributed by atoms with Crippen molar-refractivity contribution in [2.45, 2.75) is 37.5 Å². The lowest BCUT2D eigenvalue weighted by Crippen LogP contribution is -2.53. The number of hydrogen-bond donors (Lipinski definition) is 0. The fraction of sp³-hybridized carbons (Fsp3) is 0.333. The monoisotopic (exact) mass is 348 g/mol. The van der Waals surface area contributed by atoms with E-state index < -0.39 is 23.9 Å². The minimum absolute atomic E-state index is 0.346. The summed E-state index contributed by atoms with van der Waals surface area (Å²) in [6.07, 6.45) is 0. The Morgan fingerprint density at radius 3 is 2.42 bits per heavy atom. The summed E-state index contributed by atoms with van der Waals surface area (Å²) in [4.78, 5) is 0. The van der Waals surface area contributed by atoms with Crippen molar-refractivity contribution in [3.63, 3.8) is 0 Å². The van der Waals surface area contributed by atoms with Crippen LogP contribution in [0.5, 0.6) is 5.75 Å². The van der Waals surface area contributed by atoms with E-state index in [-0.39, 0.29) is 5.82 Å². The van der Waals surface area contributed by atoms with Gasteiger partial charge in [0.05, 0.1) is 5.60 Å². The third-order valence-corrected chi connectivity index (χ3v) is 4.99. The van der Waals surface area contributed by atoms with Gasteiger partial charge in [-0.25, -0.2) is 4.39 Å². The molecule has 6 heteroatoms. The van der Waals surface area contributed by atoms with Crippen LogP contribution in [-0.4, -0.2) is 23.9 Å². The van der Waals surface area contributed by atoms with Crippen molar-refractivity contribution in [3.8, 4) is 5.75 Å². The quantitative estimate of drug-likeness (QED) is 0.622. The normalized spacial score (nSPS) is 24.0. The topological polar surface area (TPSA) is 27.7 Å². The first kappa shape index (κ1) is 17.3. The van der Waals surface area contributed by atoms with Crippen LogP contribution in [0.2, 0.25) is 0 Å². The molecule has 0 spiro atoms. The van der Waals surface area contributed by atoms with Crippen molar-refractivity contribution >= 4 is 24.2 Å². The molecule has 2 unspecified atom stereocenters. The second kappa shape index (κ2) is 6.39. The molecule has 2 aromatic rings. The van der Waals surface area contributed by atoms with E-state index in [1.54, 1.807) is 12.1 Å². The van der Waals surface area contributed by atoms with E-state index in [1.807, 2.05) is 51.1 Å². The van der Waals surface area contributed by atoms with Crippen LogP contribution in [0.1, 0.15) is 20.8 Å². The average molecular weight is 349 g/mol. The third-order valence-electron chi connectivity index (χ3n) is 4.49. The molecule has 24 heavy (non-hydrogen) atoms. The zero-order chi connectivity index (χ0) is 17.4. The standard InChI is InChI=1S/C18H19BClFO3/c1-17(2)18(3,16(20)22-15-11-7-10-14(21)12-15)24-19(23-17)13-8-5-4-6-9-13/h4-12,16H,1-3H3. The number of alkyl halides is 1. The van der Waals surface area contributed by atoms with Gasteiger partial charge in [-0.15, -0.1) is 0 Å². The molecule has 126 valence electrons. The molecule has 0 bridgehead atoms. The van der Waals surface area contributed by atoms with Gasteiger partial charge in [0.1, 0.15) is 17.2 Å². The highest BCUT2D eigenvalue weighted by molar-refractivity contribution is 6.62.